The summed E-state index contributed by atoms with van der Waals surface area (Å²) in [6.45, 7) is 6.97. The van der Waals surface area contributed by atoms with Gasteiger partial charge < -0.3 is 29.4 Å². The molecule has 1 amide bonds. The smallest absolute Gasteiger partial charge is 0.329 e. The lowest BCUT2D eigenvalue weighted by Gasteiger charge is -2.31. The Hall–Kier alpha value is -2.39. The van der Waals surface area contributed by atoms with E-state index in [1.165, 1.54) is 19.4 Å². The van der Waals surface area contributed by atoms with E-state index in [2.05, 4.69) is 10.3 Å². The molecule has 1 saturated heterocycles. The van der Waals surface area contributed by atoms with Gasteiger partial charge in [0.2, 0.25) is 0 Å². The van der Waals surface area contributed by atoms with E-state index in [1.54, 1.807) is 6.92 Å². The van der Waals surface area contributed by atoms with E-state index < -0.39 is 24.0 Å². The SMILES string of the molecule is CCCO[C@H]1[C@H](C)OC(=O)[C@@H](NC(=O)c2nccc(OC)c2O)CCC[C@@H]1OCCC. The van der Waals surface area contributed by atoms with E-state index in [0.29, 0.717) is 32.5 Å². The zero-order valence-corrected chi connectivity index (χ0v) is 18.8. The summed E-state index contributed by atoms with van der Waals surface area (Å²) in [7, 11) is 1.38. The highest BCUT2D eigenvalue weighted by molar-refractivity contribution is 5.97. The molecule has 9 heteroatoms. The summed E-state index contributed by atoms with van der Waals surface area (Å²) < 4.78 is 22.6. The first-order valence-electron chi connectivity index (χ1n) is 10.9. The van der Waals surface area contributed by atoms with Crippen LogP contribution in [0.3, 0.4) is 0 Å². The minimum absolute atomic E-state index is 0.123. The van der Waals surface area contributed by atoms with Crippen molar-refractivity contribution < 1.29 is 33.6 Å². The molecule has 1 fully saturated rings. The Morgan fingerprint density at radius 3 is 2.65 bits per heavy atom. The second kappa shape index (κ2) is 12.5. The summed E-state index contributed by atoms with van der Waals surface area (Å²) in [4.78, 5) is 29.4. The van der Waals surface area contributed by atoms with Gasteiger partial charge in [-0.05, 0) is 39.0 Å². The summed E-state index contributed by atoms with van der Waals surface area (Å²) in [6.07, 6.45) is 3.61. The number of esters is 1. The zero-order chi connectivity index (χ0) is 22.8. The van der Waals surface area contributed by atoms with Gasteiger partial charge in [-0.3, -0.25) is 4.79 Å². The molecule has 0 unspecified atom stereocenters. The molecule has 1 aromatic rings. The van der Waals surface area contributed by atoms with E-state index >= 15 is 0 Å². The van der Waals surface area contributed by atoms with Gasteiger partial charge >= 0.3 is 5.97 Å². The van der Waals surface area contributed by atoms with Gasteiger partial charge in [0.15, 0.2) is 17.2 Å². The number of aromatic nitrogens is 1. The molecule has 0 aliphatic carbocycles. The van der Waals surface area contributed by atoms with Crippen LogP contribution in [-0.4, -0.2) is 66.6 Å². The Labute approximate surface area is 183 Å². The largest absolute Gasteiger partial charge is 0.503 e. The fourth-order valence-corrected chi connectivity index (χ4v) is 3.51. The first-order valence-corrected chi connectivity index (χ1v) is 10.9. The predicted molar refractivity (Wildman–Crippen MR) is 113 cm³/mol. The van der Waals surface area contributed by atoms with Crippen LogP contribution in [0.25, 0.3) is 0 Å². The predicted octanol–water partition coefficient (Wildman–Crippen LogP) is 2.60. The van der Waals surface area contributed by atoms with Crippen molar-refractivity contribution in [2.45, 2.75) is 77.2 Å². The number of hydrogen-bond acceptors (Lipinski definition) is 8. The van der Waals surface area contributed by atoms with E-state index in [9.17, 15) is 14.7 Å². The van der Waals surface area contributed by atoms with Crippen molar-refractivity contribution in [3.05, 3.63) is 18.0 Å². The van der Waals surface area contributed by atoms with Gasteiger partial charge in [-0.2, -0.15) is 0 Å². The molecule has 0 spiro atoms. The van der Waals surface area contributed by atoms with Crippen LogP contribution in [0.5, 0.6) is 11.5 Å². The molecule has 0 saturated carbocycles. The lowest BCUT2D eigenvalue weighted by Crippen LogP contribution is -2.45. The molecule has 1 aliphatic rings. The van der Waals surface area contributed by atoms with Crippen LogP contribution in [0.1, 0.15) is 63.4 Å². The van der Waals surface area contributed by atoms with Crippen molar-refractivity contribution in [2.75, 3.05) is 20.3 Å². The van der Waals surface area contributed by atoms with Crippen molar-refractivity contribution in [1.29, 1.82) is 0 Å². The van der Waals surface area contributed by atoms with Crippen LogP contribution < -0.4 is 10.1 Å². The molecule has 0 aromatic carbocycles. The lowest BCUT2D eigenvalue weighted by atomic mass is 10.0. The van der Waals surface area contributed by atoms with Gasteiger partial charge in [0.1, 0.15) is 18.2 Å². The van der Waals surface area contributed by atoms with E-state index in [4.69, 9.17) is 18.9 Å². The Kier molecular flexibility index (Phi) is 10.00. The van der Waals surface area contributed by atoms with Crippen LogP contribution >= 0.6 is 0 Å². The molecule has 31 heavy (non-hydrogen) atoms. The zero-order valence-electron chi connectivity index (χ0n) is 18.8. The van der Waals surface area contributed by atoms with Gasteiger partial charge in [-0.25, -0.2) is 9.78 Å². The number of nitrogens with zero attached hydrogens (tertiary/aromatic N) is 1. The van der Waals surface area contributed by atoms with Crippen LogP contribution in [0.2, 0.25) is 0 Å². The molecule has 4 atom stereocenters. The molecule has 2 rings (SSSR count). The van der Waals surface area contributed by atoms with Gasteiger partial charge in [-0.1, -0.05) is 13.8 Å². The number of ether oxygens (including phenoxy) is 4. The average molecular weight is 439 g/mol. The number of cyclic esters (lactones) is 1. The minimum Gasteiger partial charge on any atom is -0.503 e. The highest BCUT2D eigenvalue weighted by Crippen LogP contribution is 2.28. The van der Waals surface area contributed by atoms with Gasteiger partial charge in [0, 0.05) is 25.5 Å². The third-order valence-corrected chi connectivity index (χ3v) is 5.08. The van der Waals surface area contributed by atoms with E-state index in [1.807, 2.05) is 13.8 Å². The monoisotopic (exact) mass is 438 g/mol. The molecule has 0 bridgehead atoms. The minimum atomic E-state index is -0.876. The number of amides is 1. The summed E-state index contributed by atoms with van der Waals surface area (Å²) in [5, 5.41) is 12.8. The van der Waals surface area contributed by atoms with Crippen LogP contribution in [0.4, 0.5) is 0 Å². The topological polar surface area (TPSA) is 116 Å². The normalized spacial score (nSPS) is 24.5. The van der Waals surface area contributed by atoms with E-state index in [-0.39, 0.29) is 29.4 Å². The second-order valence-corrected chi connectivity index (χ2v) is 7.55. The maximum absolute atomic E-state index is 12.8. The van der Waals surface area contributed by atoms with Crippen molar-refractivity contribution >= 4 is 11.9 Å². The number of rotatable bonds is 9. The molecule has 1 aromatic heterocycles. The van der Waals surface area contributed by atoms with Crippen LogP contribution in [0, 0.1) is 0 Å². The number of methoxy groups -OCH3 is 1. The standard InChI is InChI=1S/C22H34N2O7/c1-5-12-29-17-9-7-8-15(22(27)31-14(3)20(17)30-13-6-2)24-21(26)18-19(25)16(28-4)10-11-23-18/h10-11,14-15,17,20,25H,5-9,12-13H2,1-4H3,(H,24,26)/t14-,15-,17-,20-/m0/s1. The Morgan fingerprint density at radius 1 is 1.26 bits per heavy atom. The lowest BCUT2D eigenvalue weighted by molar-refractivity contribution is -0.167. The molecule has 1 aliphatic heterocycles. The first kappa shape index (κ1) is 24.9. The number of nitrogens with one attached hydrogen (secondary N) is 1. The van der Waals surface area contributed by atoms with Crippen molar-refractivity contribution in [1.82, 2.24) is 10.3 Å². The number of carbonyl (C=O) groups is 2. The molecule has 174 valence electrons. The van der Waals surface area contributed by atoms with Crippen LogP contribution in [-0.2, 0) is 19.0 Å². The Balaban J connectivity index is 2.15. The van der Waals surface area contributed by atoms with Gasteiger partial charge in [-0.15, -0.1) is 0 Å². The number of aromatic hydroxyl groups is 1. The molecular weight excluding hydrogens is 404 g/mol. The second-order valence-electron chi connectivity index (χ2n) is 7.55. The van der Waals surface area contributed by atoms with Crippen LogP contribution in [0.15, 0.2) is 12.3 Å². The average Bonchev–Trinajstić information content (AvgIpc) is 2.80. The molecule has 9 nitrogen and oxygen atoms in total. The highest BCUT2D eigenvalue weighted by Gasteiger charge is 2.35. The highest BCUT2D eigenvalue weighted by atomic mass is 16.6. The first-order chi connectivity index (χ1) is 14.9. The summed E-state index contributed by atoms with van der Waals surface area (Å²) >= 11 is 0. The third-order valence-electron chi connectivity index (χ3n) is 5.08. The number of pyridine rings is 1. The molecule has 0 radical (unpaired) electrons. The molecule has 2 heterocycles. The van der Waals surface area contributed by atoms with Gasteiger partial charge in [0.25, 0.3) is 5.91 Å². The van der Waals surface area contributed by atoms with E-state index in [0.717, 1.165) is 12.8 Å². The Bertz CT molecular complexity index is 728. The maximum atomic E-state index is 12.8. The molecule has 2 N–H and O–H groups in total. The summed E-state index contributed by atoms with van der Waals surface area (Å²) in [6, 6.07) is 0.564. The van der Waals surface area contributed by atoms with Crippen molar-refractivity contribution in [3.8, 4) is 11.5 Å². The van der Waals surface area contributed by atoms with Gasteiger partial charge in [0.05, 0.1) is 13.2 Å². The third kappa shape index (κ3) is 6.80. The maximum Gasteiger partial charge on any atom is 0.329 e. The number of carbonyl (C=O) groups excluding carboxylic acids is 2. The Morgan fingerprint density at radius 2 is 1.97 bits per heavy atom. The number of hydrogen-bond donors (Lipinski definition) is 2. The van der Waals surface area contributed by atoms with Crippen molar-refractivity contribution in [3.63, 3.8) is 0 Å². The fraction of sp³-hybridized carbons (Fsp3) is 0.682. The molecular formula is C22H34N2O7. The fourth-order valence-electron chi connectivity index (χ4n) is 3.51. The summed E-state index contributed by atoms with van der Waals surface area (Å²) in [5.41, 5.74) is -0.214. The summed E-state index contributed by atoms with van der Waals surface area (Å²) in [5.74, 6) is -1.49. The van der Waals surface area contributed by atoms with Crippen molar-refractivity contribution in [2.24, 2.45) is 0 Å². The quantitative estimate of drug-likeness (QED) is 0.565.